The van der Waals surface area contributed by atoms with Crippen LogP contribution in [0.5, 0.6) is 5.75 Å². The van der Waals surface area contributed by atoms with Gasteiger partial charge in [0, 0.05) is 17.3 Å². The average molecular weight is 492 g/mol. The normalized spacial score (nSPS) is 10.6. The molecule has 0 aliphatic heterocycles. The Morgan fingerprint density at radius 2 is 2.00 bits per heavy atom. The number of thiophene rings is 1. The number of nitrogens with zero attached hydrogens (tertiary/aromatic N) is 3. The molecule has 0 aliphatic carbocycles. The molecule has 2 amide bonds. The second-order valence-corrected chi connectivity index (χ2v) is 8.63. The number of rotatable bonds is 7. The van der Waals surface area contributed by atoms with Crippen LogP contribution in [0.25, 0.3) is 16.1 Å². The Labute approximate surface area is 206 Å². The smallest absolute Gasteiger partial charge is 0.341 e. The zero-order valence-corrected chi connectivity index (χ0v) is 20.6. The molecule has 1 aromatic carbocycles. The SMILES string of the molecule is CCOC(=O)c1c(NC(=O)Nc2cccnc2)sc(-c2ccc(-n3cnc(C)c3)c(OC)c2)c1C. The maximum atomic E-state index is 12.8. The Kier molecular flexibility index (Phi) is 7.11. The first kappa shape index (κ1) is 24.0. The number of ether oxygens (including phenoxy) is 2. The predicted molar refractivity (Wildman–Crippen MR) is 136 cm³/mol. The Bertz CT molecular complexity index is 1360. The molecule has 0 radical (unpaired) electrons. The highest BCUT2D eigenvalue weighted by Gasteiger charge is 2.25. The van der Waals surface area contributed by atoms with E-state index < -0.39 is 12.0 Å². The molecule has 0 atom stereocenters. The molecule has 0 spiro atoms. The van der Waals surface area contributed by atoms with E-state index in [-0.39, 0.29) is 6.61 Å². The minimum atomic E-state index is -0.498. The standard InChI is InChI=1S/C25H25N5O4S/c1-5-34-24(31)21-16(3)22(35-23(21)29-25(32)28-18-7-6-10-26-12-18)17-8-9-19(20(11-17)33-4)30-13-15(2)27-14-30/h6-14H,5H2,1-4H3,(H2,28,29,32). The van der Waals surface area contributed by atoms with Gasteiger partial charge in [-0.1, -0.05) is 6.07 Å². The predicted octanol–water partition coefficient (Wildman–Crippen LogP) is 5.44. The molecule has 35 heavy (non-hydrogen) atoms. The third-order valence-electron chi connectivity index (χ3n) is 5.20. The number of nitrogens with one attached hydrogen (secondary N) is 2. The van der Waals surface area contributed by atoms with Crippen LogP contribution in [0.4, 0.5) is 15.5 Å². The highest BCUT2D eigenvalue weighted by Crippen LogP contribution is 2.42. The van der Waals surface area contributed by atoms with Gasteiger partial charge < -0.3 is 19.4 Å². The van der Waals surface area contributed by atoms with E-state index in [0.717, 1.165) is 21.8 Å². The number of methoxy groups -OCH3 is 1. The van der Waals surface area contributed by atoms with E-state index in [9.17, 15) is 9.59 Å². The molecule has 0 aliphatic rings. The first-order valence-corrected chi connectivity index (χ1v) is 11.7. The van der Waals surface area contributed by atoms with Gasteiger partial charge in [-0.3, -0.25) is 10.3 Å². The Hall–Kier alpha value is -4.18. The van der Waals surface area contributed by atoms with E-state index in [1.54, 1.807) is 38.7 Å². The van der Waals surface area contributed by atoms with Gasteiger partial charge in [-0.25, -0.2) is 14.6 Å². The van der Waals surface area contributed by atoms with Gasteiger partial charge >= 0.3 is 12.0 Å². The lowest BCUT2D eigenvalue weighted by molar-refractivity contribution is 0.0527. The lowest BCUT2D eigenvalue weighted by atomic mass is 10.1. The first-order chi connectivity index (χ1) is 16.9. The van der Waals surface area contributed by atoms with Gasteiger partial charge in [0.25, 0.3) is 0 Å². The number of hydrogen-bond acceptors (Lipinski definition) is 7. The van der Waals surface area contributed by atoms with Crippen LogP contribution >= 0.6 is 11.3 Å². The Morgan fingerprint density at radius 1 is 1.17 bits per heavy atom. The number of pyridine rings is 1. The summed E-state index contributed by atoms with van der Waals surface area (Å²) in [5.74, 6) is 0.149. The highest BCUT2D eigenvalue weighted by molar-refractivity contribution is 7.20. The van der Waals surface area contributed by atoms with E-state index in [1.165, 1.54) is 17.5 Å². The third-order valence-corrected chi connectivity index (χ3v) is 6.46. The summed E-state index contributed by atoms with van der Waals surface area (Å²) in [7, 11) is 1.60. The van der Waals surface area contributed by atoms with E-state index in [4.69, 9.17) is 9.47 Å². The molecule has 10 heteroatoms. The second-order valence-electron chi connectivity index (χ2n) is 7.61. The minimum absolute atomic E-state index is 0.220. The van der Waals surface area contributed by atoms with Crippen LogP contribution in [0.15, 0.2) is 55.2 Å². The van der Waals surface area contributed by atoms with Gasteiger partial charge in [0.15, 0.2) is 0 Å². The monoisotopic (exact) mass is 491 g/mol. The number of esters is 1. The molecular weight excluding hydrogens is 466 g/mol. The summed E-state index contributed by atoms with van der Waals surface area (Å²) in [5, 5.41) is 5.90. The van der Waals surface area contributed by atoms with E-state index in [1.807, 2.05) is 42.8 Å². The van der Waals surface area contributed by atoms with E-state index >= 15 is 0 Å². The number of amides is 2. The van der Waals surface area contributed by atoms with Crippen LogP contribution < -0.4 is 15.4 Å². The molecule has 4 rings (SSSR count). The number of urea groups is 1. The van der Waals surface area contributed by atoms with Crippen molar-refractivity contribution in [2.24, 2.45) is 0 Å². The van der Waals surface area contributed by atoms with Gasteiger partial charge in [0.05, 0.1) is 48.9 Å². The van der Waals surface area contributed by atoms with Crippen molar-refractivity contribution in [2.75, 3.05) is 24.4 Å². The largest absolute Gasteiger partial charge is 0.495 e. The molecule has 0 unspecified atom stereocenters. The number of hydrogen-bond donors (Lipinski definition) is 2. The summed E-state index contributed by atoms with van der Waals surface area (Å²) in [6.07, 6.45) is 6.79. The van der Waals surface area contributed by atoms with Crippen LogP contribution in [0, 0.1) is 13.8 Å². The third kappa shape index (κ3) is 5.17. The maximum absolute atomic E-state index is 12.8. The summed E-state index contributed by atoms with van der Waals surface area (Å²) in [4.78, 5) is 34.5. The van der Waals surface area contributed by atoms with Crippen LogP contribution in [-0.2, 0) is 4.74 Å². The maximum Gasteiger partial charge on any atom is 0.341 e. The Morgan fingerprint density at radius 3 is 2.66 bits per heavy atom. The van der Waals surface area contributed by atoms with Gasteiger partial charge in [-0.15, -0.1) is 11.3 Å². The summed E-state index contributed by atoms with van der Waals surface area (Å²) < 4.78 is 12.8. The first-order valence-electron chi connectivity index (χ1n) is 10.9. The summed E-state index contributed by atoms with van der Waals surface area (Å²) in [6.45, 7) is 5.71. The van der Waals surface area contributed by atoms with Crippen LogP contribution in [0.3, 0.4) is 0 Å². The van der Waals surface area contributed by atoms with Gasteiger partial charge in [0.1, 0.15) is 10.8 Å². The highest BCUT2D eigenvalue weighted by atomic mass is 32.1. The number of aryl methyl sites for hydroxylation is 1. The zero-order chi connectivity index (χ0) is 24.9. The van der Waals surface area contributed by atoms with Gasteiger partial charge in [-0.05, 0) is 56.2 Å². The molecule has 9 nitrogen and oxygen atoms in total. The molecule has 2 N–H and O–H groups in total. The number of aromatic nitrogens is 3. The summed E-state index contributed by atoms with van der Waals surface area (Å²) >= 11 is 1.29. The second kappa shape index (κ2) is 10.4. The lowest BCUT2D eigenvalue weighted by Gasteiger charge is -2.11. The van der Waals surface area contributed by atoms with Gasteiger partial charge in [-0.2, -0.15) is 0 Å². The molecule has 3 aromatic heterocycles. The van der Waals surface area contributed by atoms with Crippen LogP contribution in [0.2, 0.25) is 0 Å². The van der Waals surface area contributed by atoms with Crippen LogP contribution in [0.1, 0.15) is 28.5 Å². The van der Waals surface area contributed by atoms with Crippen LogP contribution in [-0.4, -0.2) is 40.3 Å². The van der Waals surface area contributed by atoms with Crippen molar-refractivity contribution in [1.82, 2.24) is 14.5 Å². The average Bonchev–Trinajstić information content (AvgIpc) is 3.42. The fourth-order valence-electron chi connectivity index (χ4n) is 3.61. The number of benzene rings is 1. The zero-order valence-electron chi connectivity index (χ0n) is 19.8. The van der Waals surface area contributed by atoms with Gasteiger partial charge in [0.2, 0.25) is 0 Å². The van der Waals surface area contributed by atoms with Crippen molar-refractivity contribution in [3.05, 3.63) is 72.1 Å². The topological polar surface area (TPSA) is 107 Å². The Balaban J connectivity index is 1.71. The molecule has 0 saturated heterocycles. The molecule has 0 bridgehead atoms. The number of imidazole rings is 1. The number of anilines is 2. The molecule has 3 heterocycles. The van der Waals surface area contributed by atoms with E-state index in [0.29, 0.717) is 27.6 Å². The van der Waals surface area contributed by atoms with E-state index in [2.05, 4.69) is 20.6 Å². The molecule has 0 saturated carbocycles. The van der Waals surface area contributed by atoms with Crippen molar-refractivity contribution < 1.29 is 19.1 Å². The van der Waals surface area contributed by atoms with Crippen molar-refractivity contribution in [3.63, 3.8) is 0 Å². The van der Waals surface area contributed by atoms with Crippen molar-refractivity contribution in [2.45, 2.75) is 20.8 Å². The summed E-state index contributed by atoms with van der Waals surface area (Å²) in [6, 6.07) is 8.73. The lowest BCUT2D eigenvalue weighted by Crippen LogP contribution is -2.20. The molecular formula is C25H25N5O4S. The number of carbonyl (C=O) groups is 2. The van der Waals surface area contributed by atoms with Crippen molar-refractivity contribution in [3.8, 4) is 21.9 Å². The van der Waals surface area contributed by atoms with Crippen molar-refractivity contribution >= 4 is 34.0 Å². The molecule has 180 valence electrons. The van der Waals surface area contributed by atoms with Crippen molar-refractivity contribution in [1.29, 1.82) is 0 Å². The molecule has 0 fully saturated rings. The summed E-state index contributed by atoms with van der Waals surface area (Å²) in [5.41, 5.74) is 4.14. The number of carbonyl (C=O) groups excluding carboxylic acids is 2. The fourth-order valence-corrected chi connectivity index (χ4v) is 4.80. The minimum Gasteiger partial charge on any atom is -0.495 e. The fraction of sp³-hybridized carbons (Fsp3) is 0.200. The quantitative estimate of drug-likeness (QED) is 0.333. The molecule has 4 aromatic rings.